The van der Waals surface area contributed by atoms with Gasteiger partial charge in [0, 0.05) is 11.6 Å². The first kappa shape index (κ1) is 22.3. The molecule has 5 heteroatoms. The van der Waals surface area contributed by atoms with Gasteiger partial charge in [0.25, 0.3) is 5.91 Å². The van der Waals surface area contributed by atoms with Crippen LogP contribution in [0.5, 0.6) is 11.6 Å². The molecule has 0 spiro atoms. The number of hydrogen-bond acceptors (Lipinski definition) is 3. The van der Waals surface area contributed by atoms with E-state index < -0.39 is 0 Å². The number of carbonyl (C=O) groups excluding carboxylic acids is 1. The van der Waals surface area contributed by atoms with E-state index in [1.807, 2.05) is 108 Å². The molecule has 3 aromatic carbocycles. The van der Waals surface area contributed by atoms with Gasteiger partial charge in [-0.25, -0.2) is 4.68 Å². The highest BCUT2D eigenvalue weighted by Crippen LogP contribution is 2.32. The Balaban J connectivity index is 1.78. The molecule has 0 fully saturated rings. The summed E-state index contributed by atoms with van der Waals surface area (Å²) in [5.41, 5.74) is 3.31. The number of aryl methyl sites for hydroxylation is 1. The van der Waals surface area contributed by atoms with E-state index in [0.29, 0.717) is 18.0 Å². The predicted molar refractivity (Wildman–Crippen MR) is 131 cm³/mol. The second-order valence-corrected chi connectivity index (χ2v) is 8.09. The predicted octanol–water partition coefficient (Wildman–Crippen LogP) is 6.41. The molecular formula is C28H29N3O2. The zero-order chi connectivity index (χ0) is 23.2. The van der Waals surface area contributed by atoms with Crippen LogP contribution in [-0.4, -0.2) is 26.6 Å². The molecule has 1 heterocycles. The van der Waals surface area contributed by atoms with E-state index >= 15 is 0 Å². The number of aromatic nitrogens is 2. The van der Waals surface area contributed by atoms with Crippen molar-refractivity contribution in [3.63, 3.8) is 0 Å². The van der Waals surface area contributed by atoms with Crippen LogP contribution in [0.2, 0.25) is 0 Å². The molecule has 4 aromatic rings. The molecule has 0 aliphatic rings. The van der Waals surface area contributed by atoms with Crippen molar-refractivity contribution in [3.8, 4) is 17.3 Å². The molecule has 0 unspecified atom stereocenters. The summed E-state index contributed by atoms with van der Waals surface area (Å²) in [4.78, 5) is 15.4. The summed E-state index contributed by atoms with van der Waals surface area (Å²) in [6, 6.07) is 29.1. The first-order valence-electron chi connectivity index (χ1n) is 11.3. The fraction of sp³-hybridized carbons (Fsp3) is 0.214. The van der Waals surface area contributed by atoms with E-state index in [1.54, 1.807) is 0 Å². The Kier molecular flexibility index (Phi) is 6.89. The normalized spacial score (nSPS) is 11.7. The van der Waals surface area contributed by atoms with E-state index in [0.717, 1.165) is 29.1 Å². The smallest absolute Gasteiger partial charge is 0.254 e. The average Bonchev–Trinajstić information content (AvgIpc) is 3.17. The Bertz CT molecular complexity index is 1190. The lowest BCUT2D eigenvalue weighted by Gasteiger charge is -2.29. The molecule has 1 aromatic heterocycles. The third-order valence-electron chi connectivity index (χ3n) is 5.83. The van der Waals surface area contributed by atoms with Gasteiger partial charge in [-0.05, 0) is 56.7 Å². The van der Waals surface area contributed by atoms with Crippen molar-refractivity contribution in [3.05, 3.63) is 108 Å². The number of amides is 1. The molecule has 0 saturated heterocycles. The maximum atomic E-state index is 13.5. The van der Waals surface area contributed by atoms with Gasteiger partial charge in [-0.3, -0.25) is 4.79 Å². The van der Waals surface area contributed by atoms with Gasteiger partial charge in [-0.1, -0.05) is 61.5 Å². The summed E-state index contributed by atoms with van der Waals surface area (Å²) in [6.07, 6.45) is 0.847. The van der Waals surface area contributed by atoms with Crippen molar-refractivity contribution in [2.24, 2.45) is 0 Å². The van der Waals surface area contributed by atoms with Gasteiger partial charge in [0.2, 0.25) is 5.88 Å². The van der Waals surface area contributed by atoms with Gasteiger partial charge < -0.3 is 9.64 Å². The molecule has 5 nitrogen and oxygen atoms in total. The lowest BCUT2D eigenvalue weighted by molar-refractivity contribution is 0.0670. The van der Waals surface area contributed by atoms with Crippen LogP contribution in [0.4, 0.5) is 0 Å². The summed E-state index contributed by atoms with van der Waals surface area (Å²) < 4.78 is 8.20. The molecular weight excluding hydrogens is 410 g/mol. The van der Waals surface area contributed by atoms with Gasteiger partial charge >= 0.3 is 0 Å². The third-order valence-corrected chi connectivity index (χ3v) is 5.83. The summed E-state index contributed by atoms with van der Waals surface area (Å²) in [7, 11) is 0. The topological polar surface area (TPSA) is 47.4 Å². The molecule has 0 bridgehead atoms. The number of rotatable bonds is 8. The number of nitrogens with zero attached hydrogens (tertiary/aromatic N) is 3. The second kappa shape index (κ2) is 10.2. The maximum absolute atomic E-state index is 13.5. The van der Waals surface area contributed by atoms with Crippen molar-refractivity contribution in [2.75, 3.05) is 0 Å². The van der Waals surface area contributed by atoms with Crippen LogP contribution in [0, 0.1) is 6.92 Å². The summed E-state index contributed by atoms with van der Waals surface area (Å²) >= 11 is 0. The quantitative estimate of drug-likeness (QED) is 0.318. The number of hydrogen-bond donors (Lipinski definition) is 0. The van der Waals surface area contributed by atoms with E-state index in [2.05, 4.69) is 13.8 Å². The van der Waals surface area contributed by atoms with Crippen LogP contribution in [0.25, 0.3) is 5.69 Å². The highest BCUT2D eigenvalue weighted by Gasteiger charge is 2.26. The van der Waals surface area contributed by atoms with Gasteiger partial charge in [-0.2, -0.15) is 5.10 Å². The standard InChI is InChI=1S/C28H29N3O2/c1-4-21(2)30(27(32)23-14-8-5-9-15-23)20-26-22(3)29-31(24-16-10-6-11-17-24)28(26)33-25-18-12-7-13-19-25/h5-19,21H,4,20H2,1-3H3/t21-/m0/s1. The average molecular weight is 440 g/mol. The van der Waals surface area contributed by atoms with Gasteiger partial charge in [-0.15, -0.1) is 0 Å². The first-order valence-corrected chi connectivity index (χ1v) is 11.3. The molecule has 0 radical (unpaired) electrons. The second-order valence-electron chi connectivity index (χ2n) is 8.09. The minimum Gasteiger partial charge on any atom is -0.439 e. The van der Waals surface area contributed by atoms with Crippen LogP contribution in [0.15, 0.2) is 91.0 Å². The molecule has 0 N–H and O–H groups in total. The molecule has 33 heavy (non-hydrogen) atoms. The van der Waals surface area contributed by atoms with Crippen LogP contribution in [0.3, 0.4) is 0 Å². The van der Waals surface area contributed by atoms with Crippen molar-refractivity contribution in [1.82, 2.24) is 14.7 Å². The zero-order valence-electron chi connectivity index (χ0n) is 19.3. The lowest BCUT2D eigenvalue weighted by Crippen LogP contribution is -2.38. The third kappa shape index (κ3) is 4.98. The van der Waals surface area contributed by atoms with Gasteiger partial charge in [0.15, 0.2) is 0 Å². The highest BCUT2D eigenvalue weighted by atomic mass is 16.5. The van der Waals surface area contributed by atoms with Gasteiger partial charge in [0.05, 0.1) is 23.5 Å². The minimum absolute atomic E-state index is 0.00229. The molecule has 0 aliphatic carbocycles. The Morgan fingerprint density at radius 2 is 1.52 bits per heavy atom. The monoisotopic (exact) mass is 439 g/mol. The van der Waals surface area contributed by atoms with Crippen LogP contribution in [0.1, 0.15) is 41.9 Å². The Labute approximate surface area is 195 Å². The summed E-state index contributed by atoms with van der Waals surface area (Å²) in [6.45, 7) is 6.55. The molecule has 4 rings (SSSR count). The molecule has 0 aliphatic heterocycles. The van der Waals surface area contributed by atoms with Crippen molar-refractivity contribution >= 4 is 5.91 Å². The minimum atomic E-state index is 0.00229. The Morgan fingerprint density at radius 1 is 0.939 bits per heavy atom. The summed E-state index contributed by atoms with van der Waals surface area (Å²) in [5.74, 6) is 1.35. The Morgan fingerprint density at radius 3 is 2.12 bits per heavy atom. The zero-order valence-corrected chi connectivity index (χ0v) is 19.3. The van der Waals surface area contributed by atoms with Gasteiger partial charge in [0.1, 0.15) is 5.75 Å². The van der Waals surface area contributed by atoms with Crippen molar-refractivity contribution < 1.29 is 9.53 Å². The molecule has 0 saturated carbocycles. The van der Waals surface area contributed by atoms with E-state index in [1.165, 1.54) is 0 Å². The fourth-order valence-electron chi connectivity index (χ4n) is 3.73. The van der Waals surface area contributed by atoms with E-state index in [-0.39, 0.29) is 11.9 Å². The number of benzene rings is 3. The van der Waals surface area contributed by atoms with E-state index in [9.17, 15) is 4.79 Å². The number of ether oxygens (including phenoxy) is 1. The number of para-hydroxylation sites is 2. The van der Waals surface area contributed by atoms with Crippen LogP contribution in [-0.2, 0) is 6.54 Å². The van der Waals surface area contributed by atoms with Crippen LogP contribution >= 0.6 is 0 Å². The van der Waals surface area contributed by atoms with E-state index in [4.69, 9.17) is 9.84 Å². The fourth-order valence-corrected chi connectivity index (χ4v) is 3.73. The molecule has 168 valence electrons. The molecule has 1 atom stereocenters. The lowest BCUT2D eigenvalue weighted by atomic mass is 10.1. The summed E-state index contributed by atoms with van der Waals surface area (Å²) in [5, 5.41) is 4.80. The molecule has 1 amide bonds. The van der Waals surface area contributed by atoms with Crippen LogP contribution < -0.4 is 4.74 Å². The van der Waals surface area contributed by atoms with Crippen molar-refractivity contribution in [2.45, 2.75) is 39.8 Å². The maximum Gasteiger partial charge on any atom is 0.254 e. The van der Waals surface area contributed by atoms with Crippen molar-refractivity contribution in [1.29, 1.82) is 0 Å². The SMILES string of the molecule is CC[C@H](C)N(Cc1c(C)nn(-c2ccccc2)c1Oc1ccccc1)C(=O)c1ccccc1. The number of carbonyl (C=O) groups is 1. The largest absolute Gasteiger partial charge is 0.439 e. The highest BCUT2D eigenvalue weighted by molar-refractivity contribution is 5.94. The Hall–Kier alpha value is -3.86. The first-order chi connectivity index (χ1) is 16.1.